The van der Waals surface area contributed by atoms with Gasteiger partial charge in [0.2, 0.25) is 5.91 Å². The lowest BCUT2D eigenvalue weighted by Gasteiger charge is -2.08. The first-order valence-corrected chi connectivity index (χ1v) is 8.11. The van der Waals surface area contributed by atoms with Gasteiger partial charge in [0.25, 0.3) is 0 Å². The molecule has 134 valence electrons. The van der Waals surface area contributed by atoms with Gasteiger partial charge in [0.1, 0.15) is 5.82 Å². The van der Waals surface area contributed by atoms with Gasteiger partial charge in [0, 0.05) is 19.4 Å². The molecule has 2 rings (SSSR count). The number of amides is 1. The molecule has 0 fully saturated rings. The van der Waals surface area contributed by atoms with Crippen LogP contribution in [0.25, 0.3) is 11.3 Å². The number of halogens is 1. The highest BCUT2D eigenvalue weighted by Gasteiger charge is 2.12. The summed E-state index contributed by atoms with van der Waals surface area (Å²) < 4.78 is 24.1. The zero-order chi connectivity index (χ0) is 18.2. The molecule has 0 aliphatic rings. The van der Waals surface area contributed by atoms with Crippen molar-refractivity contribution in [3.63, 3.8) is 0 Å². The number of oxazole rings is 1. The summed E-state index contributed by atoms with van der Waals surface area (Å²) in [5, 5.41) is 2.64. The number of ether oxygens (including phenoxy) is 1. The Morgan fingerprint density at radius 1 is 1.28 bits per heavy atom. The molecule has 0 atom stereocenters. The molecular weight excluding hydrogens is 327 g/mol. The fourth-order valence-electron chi connectivity index (χ4n) is 2.15. The number of esters is 1. The Labute approximate surface area is 145 Å². The third-order valence-electron chi connectivity index (χ3n) is 3.28. The summed E-state index contributed by atoms with van der Waals surface area (Å²) in [5.74, 6) is -0.283. The first-order valence-electron chi connectivity index (χ1n) is 8.11. The molecule has 1 amide bonds. The Bertz CT molecular complexity index is 727. The molecule has 0 saturated heterocycles. The van der Waals surface area contributed by atoms with Crippen molar-refractivity contribution < 1.29 is 23.1 Å². The van der Waals surface area contributed by atoms with E-state index in [1.54, 1.807) is 32.0 Å². The molecule has 1 aromatic heterocycles. The zero-order valence-electron chi connectivity index (χ0n) is 14.3. The van der Waals surface area contributed by atoms with Gasteiger partial charge in [0.05, 0.1) is 24.3 Å². The van der Waals surface area contributed by atoms with E-state index in [1.165, 1.54) is 12.3 Å². The van der Waals surface area contributed by atoms with E-state index in [0.29, 0.717) is 17.2 Å². The van der Waals surface area contributed by atoms with Crippen LogP contribution in [-0.2, 0) is 20.7 Å². The second-order valence-corrected chi connectivity index (χ2v) is 5.74. The highest BCUT2D eigenvalue weighted by Crippen LogP contribution is 2.23. The third kappa shape index (κ3) is 6.02. The van der Waals surface area contributed by atoms with Crippen LogP contribution in [-0.4, -0.2) is 29.5 Å². The molecule has 7 heteroatoms. The van der Waals surface area contributed by atoms with Gasteiger partial charge in [-0.1, -0.05) is 12.1 Å². The Morgan fingerprint density at radius 3 is 2.76 bits per heavy atom. The van der Waals surface area contributed by atoms with Crippen molar-refractivity contribution >= 4 is 11.9 Å². The Balaban J connectivity index is 1.76. The molecule has 2 aromatic rings. The molecular formula is C18H21FN2O4. The number of aryl methyl sites for hydroxylation is 1. The fourth-order valence-corrected chi connectivity index (χ4v) is 2.15. The van der Waals surface area contributed by atoms with Crippen LogP contribution in [0.2, 0.25) is 0 Å². The van der Waals surface area contributed by atoms with Crippen molar-refractivity contribution in [2.75, 3.05) is 6.54 Å². The van der Waals surface area contributed by atoms with Crippen molar-refractivity contribution in [1.29, 1.82) is 0 Å². The minimum Gasteiger partial charge on any atom is -0.463 e. The second kappa shape index (κ2) is 8.96. The highest BCUT2D eigenvalue weighted by atomic mass is 19.1. The predicted octanol–water partition coefficient (Wildman–Crippen LogP) is 2.87. The van der Waals surface area contributed by atoms with Crippen molar-refractivity contribution in [2.24, 2.45) is 0 Å². The van der Waals surface area contributed by atoms with E-state index in [4.69, 9.17) is 9.15 Å². The number of hydrogen-bond acceptors (Lipinski definition) is 5. The molecule has 6 nitrogen and oxygen atoms in total. The molecule has 1 aromatic carbocycles. The van der Waals surface area contributed by atoms with Gasteiger partial charge in [-0.15, -0.1) is 0 Å². The van der Waals surface area contributed by atoms with Crippen molar-refractivity contribution in [3.8, 4) is 11.3 Å². The van der Waals surface area contributed by atoms with Crippen LogP contribution in [0.15, 0.2) is 34.9 Å². The number of hydrogen-bond donors (Lipinski definition) is 1. The van der Waals surface area contributed by atoms with E-state index in [1.807, 2.05) is 0 Å². The Kier molecular flexibility index (Phi) is 6.68. The molecule has 1 N–H and O–H groups in total. The Hall–Kier alpha value is -2.70. The summed E-state index contributed by atoms with van der Waals surface area (Å²) in [4.78, 5) is 27.2. The zero-order valence-corrected chi connectivity index (χ0v) is 14.3. The van der Waals surface area contributed by atoms with Gasteiger partial charge in [0.15, 0.2) is 11.7 Å². The Morgan fingerprint density at radius 2 is 2.04 bits per heavy atom. The summed E-state index contributed by atoms with van der Waals surface area (Å²) in [6.45, 7) is 3.75. The molecule has 0 bridgehead atoms. The number of aromatic nitrogens is 1. The predicted molar refractivity (Wildman–Crippen MR) is 89.1 cm³/mol. The van der Waals surface area contributed by atoms with Gasteiger partial charge in [-0.25, -0.2) is 9.37 Å². The first kappa shape index (κ1) is 18.6. The molecule has 0 aliphatic heterocycles. The van der Waals surface area contributed by atoms with Crippen molar-refractivity contribution in [2.45, 2.75) is 39.2 Å². The fraction of sp³-hybridized carbons (Fsp3) is 0.389. The minimum atomic E-state index is -0.392. The molecule has 25 heavy (non-hydrogen) atoms. The van der Waals surface area contributed by atoms with Crippen molar-refractivity contribution in [1.82, 2.24) is 10.3 Å². The smallest absolute Gasteiger partial charge is 0.307 e. The lowest BCUT2D eigenvalue weighted by atomic mass is 10.2. The molecule has 1 heterocycles. The quantitative estimate of drug-likeness (QED) is 0.742. The number of rotatable bonds is 8. The average molecular weight is 348 g/mol. The summed E-state index contributed by atoms with van der Waals surface area (Å²) in [7, 11) is 0. The highest BCUT2D eigenvalue weighted by molar-refractivity contribution is 5.77. The van der Waals surface area contributed by atoms with E-state index in [0.717, 1.165) is 0 Å². The van der Waals surface area contributed by atoms with Crippen LogP contribution in [0.4, 0.5) is 4.39 Å². The maximum Gasteiger partial charge on any atom is 0.307 e. The van der Waals surface area contributed by atoms with E-state index in [-0.39, 0.29) is 43.8 Å². The maximum absolute atomic E-state index is 13.7. The lowest BCUT2D eigenvalue weighted by molar-refractivity contribution is -0.147. The SMILES string of the molecule is CC(C)OC(=O)CCNC(=O)CCc1ncc(-c2ccccc2F)o1. The molecule has 0 aliphatic carbocycles. The topological polar surface area (TPSA) is 81.4 Å². The van der Waals surface area contributed by atoms with Crippen LogP contribution in [0.3, 0.4) is 0 Å². The van der Waals surface area contributed by atoms with Crippen LogP contribution >= 0.6 is 0 Å². The van der Waals surface area contributed by atoms with Crippen LogP contribution in [0, 0.1) is 5.82 Å². The standard InChI is InChI=1S/C18H21FN2O4/c1-12(2)24-18(23)9-10-20-16(22)7-8-17-21-11-15(25-17)13-5-3-4-6-14(13)19/h3-6,11-12H,7-10H2,1-2H3,(H,20,22). The molecule has 0 radical (unpaired) electrons. The van der Waals surface area contributed by atoms with Gasteiger partial charge >= 0.3 is 5.97 Å². The average Bonchev–Trinajstić information content (AvgIpc) is 3.01. The van der Waals surface area contributed by atoms with E-state index in [9.17, 15) is 14.0 Å². The van der Waals surface area contributed by atoms with Crippen LogP contribution < -0.4 is 5.32 Å². The van der Waals surface area contributed by atoms with Gasteiger partial charge in [-0.3, -0.25) is 9.59 Å². The van der Waals surface area contributed by atoms with Gasteiger partial charge in [-0.05, 0) is 26.0 Å². The van der Waals surface area contributed by atoms with Crippen molar-refractivity contribution in [3.05, 3.63) is 42.2 Å². The van der Waals surface area contributed by atoms with Gasteiger partial charge in [-0.2, -0.15) is 0 Å². The minimum absolute atomic E-state index is 0.125. The van der Waals surface area contributed by atoms with Crippen LogP contribution in [0.1, 0.15) is 32.6 Å². The first-order chi connectivity index (χ1) is 12.0. The van der Waals surface area contributed by atoms with E-state index < -0.39 is 5.82 Å². The van der Waals surface area contributed by atoms with Crippen LogP contribution in [0.5, 0.6) is 0 Å². The van der Waals surface area contributed by atoms with Gasteiger partial charge < -0.3 is 14.5 Å². The largest absolute Gasteiger partial charge is 0.463 e. The lowest BCUT2D eigenvalue weighted by Crippen LogP contribution is -2.27. The second-order valence-electron chi connectivity index (χ2n) is 5.74. The maximum atomic E-state index is 13.7. The summed E-state index contributed by atoms with van der Waals surface area (Å²) >= 11 is 0. The number of benzene rings is 1. The number of nitrogens with zero attached hydrogens (tertiary/aromatic N) is 1. The number of nitrogens with one attached hydrogen (secondary N) is 1. The summed E-state index contributed by atoms with van der Waals surface area (Å²) in [6, 6.07) is 6.24. The molecule has 0 spiro atoms. The monoisotopic (exact) mass is 348 g/mol. The van der Waals surface area contributed by atoms with E-state index in [2.05, 4.69) is 10.3 Å². The molecule has 0 unspecified atom stereocenters. The van der Waals surface area contributed by atoms with E-state index >= 15 is 0 Å². The normalized spacial score (nSPS) is 10.7. The third-order valence-corrected chi connectivity index (χ3v) is 3.28. The number of carbonyl (C=O) groups excluding carboxylic acids is 2. The summed E-state index contributed by atoms with van der Waals surface area (Å²) in [6.07, 6.45) is 1.85. The number of carbonyl (C=O) groups is 2. The summed E-state index contributed by atoms with van der Waals surface area (Å²) in [5.41, 5.74) is 0.328. The molecule has 0 saturated carbocycles.